The lowest BCUT2D eigenvalue weighted by atomic mass is 10.1. The molecule has 2 aromatic rings. The number of hydrogen-bond donors (Lipinski definition) is 2. The Morgan fingerprint density at radius 1 is 1.21 bits per heavy atom. The highest BCUT2D eigenvalue weighted by Crippen LogP contribution is 2.19. The summed E-state index contributed by atoms with van der Waals surface area (Å²) >= 11 is 0. The first-order chi connectivity index (χ1) is 13.5. The third kappa shape index (κ3) is 5.11. The molecule has 2 amide bonds. The summed E-state index contributed by atoms with van der Waals surface area (Å²) in [4.78, 5) is 25.6. The third-order valence-corrected chi connectivity index (χ3v) is 4.00. The molecule has 0 aliphatic heterocycles. The number of rotatable bonds is 7. The average molecular weight is 378 g/mol. The number of carbonyl (C=O) groups is 2. The third-order valence-electron chi connectivity index (χ3n) is 4.00. The van der Waals surface area contributed by atoms with Crippen molar-refractivity contribution in [3.63, 3.8) is 0 Å². The van der Waals surface area contributed by atoms with Gasteiger partial charge < -0.3 is 15.8 Å². The second kappa shape index (κ2) is 9.78. The second-order valence-electron chi connectivity index (χ2n) is 5.94. The summed E-state index contributed by atoms with van der Waals surface area (Å²) in [5.74, 6) is -0.425. The fourth-order valence-corrected chi connectivity index (χ4v) is 2.62. The summed E-state index contributed by atoms with van der Waals surface area (Å²) in [5.41, 5.74) is 7.33. The van der Waals surface area contributed by atoms with Crippen molar-refractivity contribution in [2.75, 3.05) is 24.3 Å². The van der Waals surface area contributed by atoms with E-state index in [0.717, 1.165) is 16.2 Å². The predicted octanol–water partition coefficient (Wildman–Crippen LogP) is 2.40. The number of imide groups is 1. The van der Waals surface area contributed by atoms with Gasteiger partial charge in [-0.2, -0.15) is 5.26 Å². The standard InChI is InChI=1S/C21H22N4O3/c1-15(26)25(19-9-7-18(23)8-10-19)21(27)17(13-22)14-24-12-11-16-5-3-4-6-20(16)28-2/h3-10,14,24H,11-12,23H2,1-2H3/b17-14-. The van der Waals surface area contributed by atoms with Crippen molar-refractivity contribution < 1.29 is 14.3 Å². The molecule has 2 rings (SSSR count). The molecule has 0 radical (unpaired) electrons. The minimum absolute atomic E-state index is 0.174. The van der Waals surface area contributed by atoms with Gasteiger partial charge in [0.05, 0.1) is 12.8 Å². The van der Waals surface area contributed by atoms with Gasteiger partial charge in [-0.3, -0.25) is 9.59 Å². The zero-order valence-electron chi connectivity index (χ0n) is 15.8. The van der Waals surface area contributed by atoms with Crippen LogP contribution in [0.4, 0.5) is 11.4 Å². The molecule has 0 fully saturated rings. The van der Waals surface area contributed by atoms with E-state index in [9.17, 15) is 14.9 Å². The van der Waals surface area contributed by atoms with Gasteiger partial charge in [0.25, 0.3) is 5.91 Å². The molecule has 0 unspecified atom stereocenters. The van der Waals surface area contributed by atoms with Crippen LogP contribution >= 0.6 is 0 Å². The van der Waals surface area contributed by atoms with E-state index < -0.39 is 11.8 Å². The second-order valence-corrected chi connectivity index (χ2v) is 5.94. The van der Waals surface area contributed by atoms with Crippen molar-refractivity contribution in [1.29, 1.82) is 5.26 Å². The normalized spacial score (nSPS) is 10.7. The Hall–Kier alpha value is -3.79. The molecule has 144 valence electrons. The molecule has 0 saturated heterocycles. The van der Waals surface area contributed by atoms with Crippen LogP contribution in [0.1, 0.15) is 12.5 Å². The molecule has 0 aliphatic carbocycles. The molecule has 0 bridgehead atoms. The number of nitrogens with zero attached hydrogens (tertiary/aromatic N) is 2. The summed E-state index contributed by atoms with van der Waals surface area (Å²) in [6.45, 7) is 1.75. The zero-order valence-corrected chi connectivity index (χ0v) is 15.8. The van der Waals surface area contributed by atoms with Gasteiger partial charge in [-0.15, -0.1) is 0 Å². The molecule has 0 aromatic heterocycles. The molecule has 7 nitrogen and oxygen atoms in total. The van der Waals surface area contributed by atoms with Gasteiger partial charge in [-0.1, -0.05) is 18.2 Å². The van der Waals surface area contributed by atoms with E-state index in [1.807, 2.05) is 30.3 Å². The van der Waals surface area contributed by atoms with Crippen LogP contribution < -0.4 is 20.7 Å². The van der Waals surface area contributed by atoms with Gasteiger partial charge in [-0.25, -0.2) is 4.90 Å². The molecule has 0 saturated carbocycles. The van der Waals surface area contributed by atoms with Crippen LogP contribution in [0.15, 0.2) is 60.3 Å². The van der Waals surface area contributed by atoms with Crippen LogP contribution in [0.3, 0.4) is 0 Å². The largest absolute Gasteiger partial charge is 0.496 e. The quantitative estimate of drug-likeness (QED) is 0.331. The summed E-state index contributed by atoms with van der Waals surface area (Å²) in [7, 11) is 1.60. The van der Waals surface area contributed by atoms with Crippen LogP contribution in [0, 0.1) is 11.3 Å². The maximum absolute atomic E-state index is 12.7. The highest BCUT2D eigenvalue weighted by atomic mass is 16.5. The zero-order chi connectivity index (χ0) is 20.5. The molecule has 2 aromatic carbocycles. The van der Waals surface area contributed by atoms with Crippen molar-refractivity contribution in [3.05, 3.63) is 65.9 Å². The Balaban J connectivity index is 2.09. The maximum atomic E-state index is 12.7. The monoisotopic (exact) mass is 378 g/mol. The first kappa shape index (κ1) is 20.5. The highest BCUT2D eigenvalue weighted by molar-refractivity contribution is 6.21. The number of nitrogens with one attached hydrogen (secondary N) is 1. The van der Waals surface area contributed by atoms with Crippen molar-refractivity contribution in [2.45, 2.75) is 13.3 Å². The number of amides is 2. The molecule has 0 heterocycles. The van der Waals surface area contributed by atoms with Crippen molar-refractivity contribution >= 4 is 23.2 Å². The van der Waals surface area contributed by atoms with E-state index >= 15 is 0 Å². The van der Waals surface area contributed by atoms with E-state index in [-0.39, 0.29) is 5.57 Å². The summed E-state index contributed by atoms with van der Waals surface area (Å²) in [5, 5.41) is 12.3. The Morgan fingerprint density at radius 2 is 1.89 bits per heavy atom. The van der Waals surface area contributed by atoms with Gasteiger partial charge in [0.2, 0.25) is 5.91 Å². The molecular formula is C21H22N4O3. The van der Waals surface area contributed by atoms with Crippen LogP contribution in [-0.2, 0) is 16.0 Å². The molecule has 0 atom stereocenters. The SMILES string of the molecule is COc1ccccc1CCN/C=C(/C#N)C(=O)N(C(C)=O)c1ccc(N)cc1. The number of nitrogen functional groups attached to an aromatic ring is 1. The van der Waals surface area contributed by atoms with Crippen LogP contribution in [0.5, 0.6) is 5.75 Å². The first-order valence-electron chi connectivity index (χ1n) is 8.64. The number of para-hydroxylation sites is 1. The van der Waals surface area contributed by atoms with E-state index in [2.05, 4.69) is 5.32 Å². The minimum Gasteiger partial charge on any atom is -0.496 e. The Kier molecular flexibility index (Phi) is 7.17. The Labute approximate surface area is 164 Å². The summed E-state index contributed by atoms with van der Waals surface area (Å²) in [6, 6.07) is 15.7. The van der Waals surface area contributed by atoms with E-state index in [4.69, 9.17) is 10.5 Å². The molecule has 0 spiro atoms. The lowest BCUT2D eigenvalue weighted by Crippen LogP contribution is -2.36. The van der Waals surface area contributed by atoms with Gasteiger partial charge in [-0.05, 0) is 42.3 Å². The van der Waals surface area contributed by atoms with Crippen molar-refractivity contribution in [3.8, 4) is 11.8 Å². The fraction of sp³-hybridized carbons (Fsp3) is 0.190. The lowest BCUT2D eigenvalue weighted by molar-refractivity contribution is -0.123. The number of ether oxygens (including phenoxy) is 1. The Morgan fingerprint density at radius 3 is 2.50 bits per heavy atom. The van der Waals surface area contributed by atoms with Crippen LogP contribution in [0.2, 0.25) is 0 Å². The van der Waals surface area contributed by atoms with Gasteiger partial charge in [0.1, 0.15) is 17.4 Å². The summed E-state index contributed by atoms with van der Waals surface area (Å²) < 4.78 is 5.30. The maximum Gasteiger partial charge on any atom is 0.277 e. The van der Waals surface area contributed by atoms with Crippen LogP contribution in [0.25, 0.3) is 0 Å². The summed E-state index contributed by atoms with van der Waals surface area (Å²) in [6.07, 6.45) is 1.97. The van der Waals surface area contributed by atoms with E-state index in [1.165, 1.54) is 13.1 Å². The molecule has 28 heavy (non-hydrogen) atoms. The number of nitrogens with two attached hydrogens (primary N) is 1. The molecular weight excluding hydrogens is 356 g/mol. The molecule has 0 aliphatic rings. The number of benzene rings is 2. The van der Waals surface area contributed by atoms with Gasteiger partial charge in [0.15, 0.2) is 0 Å². The smallest absolute Gasteiger partial charge is 0.277 e. The number of anilines is 2. The van der Waals surface area contributed by atoms with E-state index in [0.29, 0.717) is 24.3 Å². The molecule has 3 N–H and O–H groups in total. The lowest BCUT2D eigenvalue weighted by Gasteiger charge is -2.19. The number of hydrogen-bond acceptors (Lipinski definition) is 6. The van der Waals surface area contributed by atoms with Crippen molar-refractivity contribution in [1.82, 2.24) is 5.32 Å². The number of methoxy groups -OCH3 is 1. The van der Waals surface area contributed by atoms with Gasteiger partial charge >= 0.3 is 0 Å². The first-order valence-corrected chi connectivity index (χ1v) is 8.64. The molecule has 7 heteroatoms. The topological polar surface area (TPSA) is 108 Å². The predicted molar refractivity (Wildman–Crippen MR) is 107 cm³/mol. The Bertz CT molecular complexity index is 914. The minimum atomic E-state index is -0.704. The van der Waals surface area contributed by atoms with Gasteiger partial charge in [0, 0.05) is 25.4 Å². The number of carbonyl (C=O) groups excluding carboxylic acids is 2. The van der Waals surface area contributed by atoms with Crippen molar-refractivity contribution in [2.24, 2.45) is 0 Å². The highest BCUT2D eigenvalue weighted by Gasteiger charge is 2.23. The average Bonchev–Trinajstić information content (AvgIpc) is 2.69. The van der Waals surface area contributed by atoms with E-state index in [1.54, 1.807) is 31.4 Å². The fourth-order valence-electron chi connectivity index (χ4n) is 2.62. The number of nitriles is 1. The van der Waals surface area contributed by atoms with Crippen LogP contribution in [-0.4, -0.2) is 25.5 Å².